The molecule has 0 heterocycles. The lowest BCUT2D eigenvalue weighted by molar-refractivity contribution is 0.602. The molecule has 110 valence electrons. The molecule has 0 aliphatic carbocycles. The second-order valence-corrected chi connectivity index (χ2v) is 7.89. The summed E-state index contributed by atoms with van der Waals surface area (Å²) in [6.45, 7) is 1.95. The Morgan fingerprint density at radius 2 is 1.76 bits per heavy atom. The summed E-state index contributed by atoms with van der Waals surface area (Å²) in [4.78, 5) is 2.07. The number of hydrogen-bond donors (Lipinski definition) is 2. The molecule has 6 heteroatoms. The van der Waals surface area contributed by atoms with Crippen LogP contribution in [0.25, 0.3) is 0 Å². The molecule has 2 aromatic carbocycles. The number of sulfone groups is 1. The lowest BCUT2D eigenvalue weighted by atomic mass is 10.1. The van der Waals surface area contributed by atoms with Gasteiger partial charge >= 0.3 is 0 Å². The van der Waals surface area contributed by atoms with E-state index >= 15 is 0 Å². The third-order valence-electron chi connectivity index (χ3n) is 2.90. The molecule has 0 saturated heterocycles. The quantitative estimate of drug-likeness (QED) is 0.670. The van der Waals surface area contributed by atoms with E-state index in [9.17, 15) is 8.42 Å². The Balaban J connectivity index is 2.33. The number of benzene rings is 2. The molecule has 0 atom stereocenters. The molecule has 0 aromatic heterocycles. The first kappa shape index (κ1) is 15.6. The van der Waals surface area contributed by atoms with Crippen LogP contribution in [-0.4, -0.2) is 20.5 Å². The molecule has 0 spiro atoms. The highest BCUT2D eigenvalue weighted by Gasteiger charge is 2.10. The minimum atomic E-state index is -3.18. The van der Waals surface area contributed by atoms with Crippen LogP contribution in [0, 0.1) is 12.3 Å². The summed E-state index contributed by atoms with van der Waals surface area (Å²) in [5, 5.41) is 7.64. The Hall–Kier alpha value is -1.79. The van der Waals surface area contributed by atoms with Gasteiger partial charge in [0.05, 0.1) is 4.90 Å². The second kappa shape index (κ2) is 5.91. The first-order valence-corrected chi connectivity index (χ1v) is 8.91. The predicted octanol–water partition coefficient (Wildman–Crippen LogP) is 2.83. The molecular weight excluding hydrogens is 304 g/mol. The molecule has 21 heavy (non-hydrogen) atoms. The molecule has 0 amide bonds. The fourth-order valence-electron chi connectivity index (χ4n) is 1.83. The average molecular weight is 320 g/mol. The molecule has 0 aliphatic rings. The van der Waals surface area contributed by atoms with E-state index in [1.165, 1.54) is 18.0 Å². The van der Waals surface area contributed by atoms with Crippen LogP contribution in [0.4, 0.5) is 0 Å². The van der Waals surface area contributed by atoms with E-state index in [0.717, 1.165) is 15.4 Å². The molecule has 3 N–H and O–H groups in total. The topological polar surface area (TPSA) is 84.0 Å². The fraction of sp³-hybridized carbons (Fsp3) is 0.133. The smallest absolute Gasteiger partial charge is 0.175 e. The normalized spacial score (nSPS) is 11.3. The van der Waals surface area contributed by atoms with Gasteiger partial charge in [-0.1, -0.05) is 23.4 Å². The van der Waals surface area contributed by atoms with Gasteiger partial charge in [-0.3, -0.25) is 5.41 Å². The van der Waals surface area contributed by atoms with Crippen molar-refractivity contribution >= 4 is 27.4 Å². The molecule has 0 fully saturated rings. The van der Waals surface area contributed by atoms with Crippen molar-refractivity contribution in [2.24, 2.45) is 5.73 Å². The summed E-state index contributed by atoms with van der Waals surface area (Å²) >= 11 is 1.45. The van der Waals surface area contributed by atoms with Crippen molar-refractivity contribution < 1.29 is 8.42 Å². The number of nitrogen functional groups attached to an aromatic ring is 1. The number of hydrogen-bond acceptors (Lipinski definition) is 4. The third-order valence-corrected chi connectivity index (χ3v) is 5.12. The molecule has 0 radical (unpaired) electrons. The molecule has 4 nitrogen and oxygen atoms in total. The Bertz CT molecular complexity index is 782. The summed E-state index contributed by atoms with van der Waals surface area (Å²) < 4.78 is 22.9. The maximum absolute atomic E-state index is 11.4. The maximum Gasteiger partial charge on any atom is 0.175 e. The first-order valence-electron chi connectivity index (χ1n) is 6.20. The largest absolute Gasteiger partial charge is 0.384 e. The summed E-state index contributed by atoms with van der Waals surface area (Å²) in [7, 11) is -3.18. The van der Waals surface area contributed by atoms with E-state index < -0.39 is 9.84 Å². The van der Waals surface area contributed by atoms with Crippen LogP contribution >= 0.6 is 11.8 Å². The lowest BCUT2D eigenvalue weighted by Gasteiger charge is -2.09. The number of amidine groups is 1. The van der Waals surface area contributed by atoms with E-state index in [0.29, 0.717) is 10.5 Å². The highest BCUT2D eigenvalue weighted by Crippen LogP contribution is 2.31. The van der Waals surface area contributed by atoms with Crippen LogP contribution in [0.5, 0.6) is 0 Å². The second-order valence-electron chi connectivity index (χ2n) is 4.76. The van der Waals surface area contributed by atoms with Crippen LogP contribution in [0.1, 0.15) is 11.1 Å². The van der Waals surface area contributed by atoms with Gasteiger partial charge < -0.3 is 5.73 Å². The molecule has 0 bridgehead atoms. The van der Waals surface area contributed by atoms with Crippen LogP contribution < -0.4 is 5.73 Å². The van der Waals surface area contributed by atoms with Crippen LogP contribution in [-0.2, 0) is 9.84 Å². The minimum absolute atomic E-state index is 0.0222. The molecule has 0 aliphatic heterocycles. The zero-order chi connectivity index (χ0) is 15.6. The van der Waals surface area contributed by atoms with Gasteiger partial charge in [-0.05, 0) is 43.3 Å². The van der Waals surface area contributed by atoms with E-state index in [1.807, 2.05) is 25.1 Å². The number of rotatable bonds is 4. The van der Waals surface area contributed by atoms with Crippen molar-refractivity contribution in [1.29, 1.82) is 5.41 Å². The minimum Gasteiger partial charge on any atom is -0.384 e. The summed E-state index contributed by atoms with van der Waals surface area (Å²) in [5.41, 5.74) is 7.34. The summed E-state index contributed by atoms with van der Waals surface area (Å²) in [5.74, 6) is 0.0222. The fourth-order valence-corrected chi connectivity index (χ4v) is 3.40. The van der Waals surface area contributed by atoms with Gasteiger partial charge in [-0.25, -0.2) is 8.42 Å². The molecule has 2 rings (SSSR count). The molecular formula is C15H16N2O2S2. The van der Waals surface area contributed by atoms with Gasteiger partial charge in [0.2, 0.25) is 0 Å². The molecule has 2 aromatic rings. The Morgan fingerprint density at radius 3 is 2.29 bits per heavy atom. The van der Waals surface area contributed by atoms with E-state index in [-0.39, 0.29) is 5.84 Å². The van der Waals surface area contributed by atoms with Crippen molar-refractivity contribution in [3.63, 3.8) is 0 Å². The molecule has 0 saturated carbocycles. The van der Waals surface area contributed by atoms with Gasteiger partial charge in [-0.2, -0.15) is 0 Å². The molecule has 0 unspecified atom stereocenters. The lowest BCUT2D eigenvalue weighted by Crippen LogP contribution is -2.12. The van der Waals surface area contributed by atoms with Crippen molar-refractivity contribution in [2.45, 2.75) is 21.6 Å². The predicted molar refractivity (Wildman–Crippen MR) is 85.9 cm³/mol. The average Bonchev–Trinajstić information content (AvgIpc) is 2.40. The maximum atomic E-state index is 11.4. The van der Waals surface area contributed by atoms with Crippen molar-refractivity contribution in [3.8, 4) is 0 Å². The van der Waals surface area contributed by atoms with Gasteiger partial charge in [0, 0.05) is 21.6 Å². The SMILES string of the molecule is Cc1ccc(Sc2ccc(S(C)(=O)=O)cc2)c(C(=N)N)c1. The first-order chi connectivity index (χ1) is 9.77. The zero-order valence-corrected chi connectivity index (χ0v) is 13.4. The third kappa shape index (κ3) is 3.86. The van der Waals surface area contributed by atoms with Crippen LogP contribution in [0.2, 0.25) is 0 Å². The van der Waals surface area contributed by atoms with Crippen molar-refractivity contribution in [3.05, 3.63) is 53.6 Å². The summed E-state index contributed by atoms with van der Waals surface area (Å²) in [6.07, 6.45) is 1.18. The van der Waals surface area contributed by atoms with Gasteiger partial charge in [0.1, 0.15) is 5.84 Å². The highest BCUT2D eigenvalue weighted by atomic mass is 32.2. The van der Waals surface area contributed by atoms with Crippen LogP contribution in [0.15, 0.2) is 57.2 Å². The number of nitrogens with one attached hydrogen (secondary N) is 1. The number of nitrogens with two attached hydrogens (primary N) is 1. The standard InChI is InChI=1S/C15H16N2O2S2/c1-10-3-8-14(13(9-10)15(16)17)20-11-4-6-12(7-5-11)21(2,18)19/h3-9H,1-2H3,(H3,16,17). The van der Waals surface area contributed by atoms with Gasteiger partial charge in [-0.15, -0.1) is 0 Å². The van der Waals surface area contributed by atoms with E-state index in [1.54, 1.807) is 24.3 Å². The van der Waals surface area contributed by atoms with Crippen LogP contribution in [0.3, 0.4) is 0 Å². The Kier molecular flexibility index (Phi) is 4.39. The Labute approximate surface area is 128 Å². The van der Waals surface area contributed by atoms with Gasteiger partial charge in [0.15, 0.2) is 9.84 Å². The highest BCUT2D eigenvalue weighted by molar-refractivity contribution is 7.99. The number of aryl methyl sites for hydroxylation is 1. The zero-order valence-electron chi connectivity index (χ0n) is 11.8. The van der Waals surface area contributed by atoms with Gasteiger partial charge in [0.25, 0.3) is 0 Å². The summed E-state index contributed by atoms with van der Waals surface area (Å²) in [6, 6.07) is 12.4. The van der Waals surface area contributed by atoms with Crippen molar-refractivity contribution in [2.75, 3.05) is 6.26 Å². The van der Waals surface area contributed by atoms with Crippen molar-refractivity contribution in [1.82, 2.24) is 0 Å². The van der Waals surface area contributed by atoms with E-state index in [2.05, 4.69) is 0 Å². The monoisotopic (exact) mass is 320 g/mol. The van der Waals surface area contributed by atoms with E-state index in [4.69, 9.17) is 11.1 Å². The Morgan fingerprint density at radius 1 is 1.14 bits per heavy atom.